The number of para-hydroxylation sites is 2. The SMILES string of the molecule is CC1(C)Cc2c(c(N3CCCC3)nc3sc(-c4nc5ccccc5[nH]4)c(N)c23)CO1. The molecule has 0 saturated carbocycles. The highest BCUT2D eigenvalue weighted by atomic mass is 32.1. The third-order valence-electron chi connectivity index (χ3n) is 6.29. The number of hydrogen-bond donors (Lipinski definition) is 2. The Balaban J connectivity index is 1.60. The lowest BCUT2D eigenvalue weighted by Crippen LogP contribution is -2.34. The molecule has 30 heavy (non-hydrogen) atoms. The highest BCUT2D eigenvalue weighted by Gasteiger charge is 2.33. The van der Waals surface area contributed by atoms with Gasteiger partial charge in [-0.05, 0) is 44.4 Å². The number of nitrogens with zero attached hydrogens (tertiary/aromatic N) is 3. The number of ether oxygens (including phenoxy) is 1. The zero-order valence-electron chi connectivity index (χ0n) is 17.3. The molecule has 0 unspecified atom stereocenters. The first kappa shape index (κ1) is 18.2. The van der Waals surface area contributed by atoms with Crippen LogP contribution in [0.5, 0.6) is 0 Å². The monoisotopic (exact) mass is 419 g/mol. The number of hydrogen-bond acceptors (Lipinski definition) is 6. The van der Waals surface area contributed by atoms with Gasteiger partial charge < -0.3 is 20.4 Å². The molecule has 0 bridgehead atoms. The number of nitrogen functional groups attached to an aromatic ring is 1. The van der Waals surface area contributed by atoms with Crippen LogP contribution in [0.15, 0.2) is 24.3 Å². The molecular formula is C23H25N5OS. The fraction of sp³-hybridized carbons (Fsp3) is 0.391. The smallest absolute Gasteiger partial charge is 0.150 e. The molecule has 5 heterocycles. The molecule has 0 amide bonds. The van der Waals surface area contributed by atoms with Gasteiger partial charge in [-0.1, -0.05) is 12.1 Å². The van der Waals surface area contributed by atoms with Gasteiger partial charge in [-0.15, -0.1) is 11.3 Å². The number of imidazole rings is 1. The maximum atomic E-state index is 6.77. The van der Waals surface area contributed by atoms with Gasteiger partial charge in [0.05, 0.1) is 33.8 Å². The minimum Gasteiger partial charge on any atom is -0.397 e. The minimum atomic E-state index is -0.211. The lowest BCUT2D eigenvalue weighted by atomic mass is 9.90. The number of nitrogens with two attached hydrogens (primary N) is 1. The Morgan fingerprint density at radius 1 is 1.13 bits per heavy atom. The lowest BCUT2D eigenvalue weighted by molar-refractivity contribution is -0.0395. The number of pyridine rings is 1. The van der Waals surface area contributed by atoms with Crippen LogP contribution in [0.4, 0.5) is 11.5 Å². The van der Waals surface area contributed by atoms with Crippen LogP contribution in [-0.2, 0) is 17.8 Å². The van der Waals surface area contributed by atoms with Crippen LogP contribution in [0.1, 0.15) is 37.8 Å². The van der Waals surface area contributed by atoms with Crippen molar-refractivity contribution in [2.45, 2.75) is 45.3 Å². The molecule has 2 aliphatic rings. The van der Waals surface area contributed by atoms with E-state index >= 15 is 0 Å². The topological polar surface area (TPSA) is 80.1 Å². The van der Waals surface area contributed by atoms with Crippen molar-refractivity contribution in [1.29, 1.82) is 0 Å². The molecule has 3 N–H and O–H groups in total. The van der Waals surface area contributed by atoms with E-state index in [1.807, 2.05) is 24.3 Å². The Bertz CT molecular complexity index is 1250. The normalized spacial score (nSPS) is 18.4. The summed E-state index contributed by atoms with van der Waals surface area (Å²) in [5.41, 5.74) is 11.8. The van der Waals surface area contributed by atoms with Gasteiger partial charge in [0, 0.05) is 30.5 Å². The average molecular weight is 420 g/mol. The second kappa shape index (κ2) is 6.43. The van der Waals surface area contributed by atoms with Crippen molar-refractivity contribution in [3.8, 4) is 10.7 Å². The second-order valence-electron chi connectivity index (χ2n) is 8.94. The van der Waals surface area contributed by atoms with Crippen LogP contribution >= 0.6 is 11.3 Å². The molecule has 2 aliphatic heterocycles. The molecule has 154 valence electrons. The second-order valence-corrected chi connectivity index (χ2v) is 9.94. The van der Waals surface area contributed by atoms with E-state index in [2.05, 4.69) is 23.7 Å². The van der Waals surface area contributed by atoms with Crippen molar-refractivity contribution < 1.29 is 4.74 Å². The molecule has 0 radical (unpaired) electrons. The van der Waals surface area contributed by atoms with E-state index in [9.17, 15) is 0 Å². The predicted octanol–water partition coefficient (Wildman–Crippen LogP) is 4.87. The molecule has 3 aromatic heterocycles. The Morgan fingerprint density at radius 3 is 2.73 bits per heavy atom. The Kier molecular flexibility index (Phi) is 3.89. The summed E-state index contributed by atoms with van der Waals surface area (Å²) in [6.45, 7) is 7.02. The van der Waals surface area contributed by atoms with Gasteiger partial charge in [-0.2, -0.15) is 0 Å². The molecule has 0 spiro atoms. The van der Waals surface area contributed by atoms with E-state index < -0.39 is 0 Å². The first-order valence-corrected chi connectivity index (χ1v) is 11.4. The number of anilines is 2. The molecule has 4 aromatic rings. The van der Waals surface area contributed by atoms with E-state index in [0.29, 0.717) is 6.61 Å². The molecule has 6 rings (SSSR count). The number of aromatic amines is 1. The number of nitrogens with one attached hydrogen (secondary N) is 1. The first-order chi connectivity index (χ1) is 14.5. The summed E-state index contributed by atoms with van der Waals surface area (Å²) in [6, 6.07) is 8.08. The Morgan fingerprint density at radius 2 is 1.93 bits per heavy atom. The maximum absolute atomic E-state index is 6.77. The van der Waals surface area contributed by atoms with Crippen molar-refractivity contribution in [2.24, 2.45) is 0 Å². The highest BCUT2D eigenvalue weighted by Crippen LogP contribution is 2.46. The summed E-state index contributed by atoms with van der Waals surface area (Å²) in [5, 5.41) is 1.09. The van der Waals surface area contributed by atoms with E-state index in [1.54, 1.807) is 11.3 Å². The van der Waals surface area contributed by atoms with Crippen LogP contribution in [0.2, 0.25) is 0 Å². The largest absolute Gasteiger partial charge is 0.397 e. The van der Waals surface area contributed by atoms with Crippen LogP contribution < -0.4 is 10.6 Å². The standard InChI is InChI=1S/C23H25N5OS/c1-23(2)11-13-14(12-29-23)21(28-9-5-6-10-28)27-22-17(13)18(24)19(30-22)20-25-15-7-3-4-8-16(15)26-20/h3-4,7-8H,5-6,9-12,24H2,1-2H3,(H,25,26). The van der Waals surface area contributed by atoms with Gasteiger partial charge in [0.2, 0.25) is 0 Å². The number of aromatic nitrogens is 3. The number of rotatable bonds is 2. The van der Waals surface area contributed by atoms with E-state index in [1.165, 1.54) is 24.0 Å². The van der Waals surface area contributed by atoms with Gasteiger partial charge in [-0.25, -0.2) is 9.97 Å². The third kappa shape index (κ3) is 2.72. The van der Waals surface area contributed by atoms with Crippen LogP contribution in [0.3, 0.4) is 0 Å². The van der Waals surface area contributed by atoms with Crippen molar-refractivity contribution >= 4 is 44.1 Å². The Labute approximate surface area is 179 Å². The zero-order valence-corrected chi connectivity index (χ0v) is 18.1. The molecule has 0 aliphatic carbocycles. The molecule has 1 fully saturated rings. The molecule has 0 atom stereocenters. The summed E-state index contributed by atoms with van der Waals surface area (Å²) in [6.07, 6.45) is 3.28. The van der Waals surface area contributed by atoms with Gasteiger partial charge in [0.15, 0.2) is 5.82 Å². The van der Waals surface area contributed by atoms with E-state index in [-0.39, 0.29) is 5.60 Å². The van der Waals surface area contributed by atoms with Crippen molar-refractivity contribution in [1.82, 2.24) is 15.0 Å². The summed E-state index contributed by atoms with van der Waals surface area (Å²) in [5.74, 6) is 1.90. The van der Waals surface area contributed by atoms with Crippen LogP contribution in [0, 0.1) is 0 Å². The highest BCUT2D eigenvalue weighted by molar-refractivity contribution is 7.22. The molecule has 1 saturated heterocycles. The van der Waals surface area contributed by atoms with Crippen molar-refractivity contribution in [2.75, 3.05) is 23.7 Å². The predicted molar refractivity (Wildman–Crippen MR) is 123 cm³/mol. The zero-order chi connectivity index (χ0) is 20.5. The number of benzene rings is 1. The van der Waals surface area contributed by atoms with Gasteiger partial charge in [0.25, 0.3) is 0 Å². The first-order valence-electron chi connectivity index (χ1n) is 10.6. The van der Waals surface area contributed by atoms with Crippen LogP contribution in [0.25, 0.3) is 32.0 Å². The number of fused-ring (bicyclic) bond motifs is 4. The van der Waals surface area contributed by atoms with Gasteiger partial charge >= 0.3 is 0 Å². The fourth-order valence-electron chi connectivity index (χ4n) is 4.77. The fourth-order valence-corrected chi connectivity index (χ4v) is 5.84. The molecule has 1 aromatic carbocycles. The molecular weight excluding hydrogens is 394 g/mol. The summed E-state index contributed by atoms with van der Waals surface area (Å²) >= 11 is 1.64. The summed E-state index contributed by atoms with van der Waals surface area (Å²) in [4.78, 5) is 17.7. The quantitative estimate of drug-likeness (QED) is 0.484. The number of thiophene rings is 1. The summed E-state index contributed by atoms with van der Waals surface area (Å²) in [7, 11) is 0. The third-order valence-corrected chi connectivity index (χ3v) is 7.40. The van der Waals surface area contributed by atoms with Gasteiger partial charge in [0.1, 0.15) is 10.6 Å². The Hall–Kier alpha value is -2.64. The van der Waals surface area contributed by atoms with Crippen LogP contribution in [-0.4, -0.2) is 33.6 Å². The molecule has 6 nitrogen and oxygen atoms in total. The number of H-pyrrole nitrogens is 1. The minimum absolute atomic E-state index is 0.211. The van der Waals surface area contributed by atoms with E-state index in [4.69, 9.17) is 20.4 Å². The van der Waals surface area contributed by atoms with E-state index in [0.717, 1.165) is 63.0 Å². The summed E-state index contributed by atoms with van der Waals surface area (Å²) < 4.78 is 6.19. The van der Waals surface area contributed by atoms with Crippen molar-refractivity contribution in [3.05, 3.63) is 35.4 Å². The average Bonchev–Trinajstić information content (AvgIpc) is 3.45. The maximum Gasteiger partial charge on any atom is 0.150 e. The van der Waals surface area contributed by atoms with Gasteiger partial charge in [-0.3, -0.25) is 0 Å². The lowest BCUT2D eigenvalue weighted by Gasteiger charge is -2.34. The van der Waals surface area contributed by atoms with Crippen molar-refractivity contribution in [3.63, 3.8) is 0 Å². The molecule has 7 heteroatoms.